The Balaban J connectivity index is 2.05. The van der Waals surface area contributed by atoms with E-state index in [1.807, 2.05) is 13.1 Å². The number of hydrogen-bond donors (Lipinski definition) is 2. The molecule has 1 saturated heterocycles. The van der Waals surface area contributed by atoms with Crippen molar-refractivity contribution >= 4 is 14.3 Å². The average molecular weight is 527 g/mol. The van der Waals surface area contributed by atoms with Crippen LogP contribution in [0.4, 0.5) is 0 Å². The van der Waals surface area contributed by atoms with Crippen molar-refractivity contribution < 1.29 is 43.1 Å². The van der Waals surface area contributed by atoms with E-state index < -0.39 is 49.9 Å². The van der Waals surface area contributed by atoms with Crippen LogP contribution in [0.3, 0.4) is 0 Å². The second kappa shape index (κ2) is 9.88. The highest BCUT2D eigenvalue weighted by molar-refractivity contribution is 6.74. The number of aliphatic hydroxyl groups excluding tert-OH is 2. The van der Waals surface area contributed by atoms with Crippen LogP contribution in [0.15, 0.2) is 12.1 Å². The quantitative estimate of drug-likeness (QED) is 0.425. The predicted octanol–water partition coefficient (Wildman–Crippen LogP) is 3.49. The first-order valence-electron chi connectivity index (χ1n) is 12.3. The summed E-state index contributed by atoms with van der Waals surface area (Å²) in [4.78, 5) is 12.6. The normalized spacial score (nSPS) is 28.7. The van der Waals surface area contributed by atoms with Gasteiger partial charge in [0.05, 0.1) is 31.8 Å². The molecule has 0 bridgehead atoms. The first-order chi connectivity index (χ1) is 16.5. The summed E-state index contributed by atoms with van der Waals surface area (Å²) in [6.45, 7) is 15.5. The first kappa shape index (κ1) is 28.9. The smallest absolute Gasteiger partial charge is 0.311 e. The summed E-state index contributed by atoms with van der Waals surface area (Å²) in [6, 6.07) is 3.45. The molecule has 204 valence electrons. The summed E-state index contributed by atoms with van der Waals surface area (Å²) in [6.07, 6.45) is -4.74. The molecule has 5 atom stereocenters. The lowest BCUT2D eigenvalue weighted by atomic mass is 9.87. The number of ether oxygens (including phenoxy) is 5. The van der Waals surface area contributed by atoms with Crippen molar-refractivity contribution in [3.05, 3.63) is 23.3 Å². The molecule has 9 nitrogen and oxygen atoms in total. The minimum Gasteiger partial charge on any atom is -0.497 e. The monoisotopic (exact) mass is 526 g/mol. The fourth-order valence-electron chi connectivity index (χ4n) is 4.17. The van der Waals surface area contributed by atoms with Crippen molar-refractivity contribution in [1.29, 1.82) is 0 Å². The lowest BCUT2D eigenvalue weighted by Gasteiger charge is -2.51. The molecule has 2 aliphatic heterocycles. The van der Waals surface area contributed by atoms with Crippen LogP contribution >= 0.6 is 0 Å². The molecule has 0 aromatic heterocycles. The number of fused-ring (bicyclic) bond motifs is 2. The number of benzene rings is 1. The molecular weight excluding hydrogens is 484 g/mol. The molecule has 0 amide bonds. The second-order valence-corrected chi connectivity index (χ2v) is 16.9. The zero-order chi connectivity index (χ0) is 27.3. The lowest BCUT2D eigenvalue weighted by Crippen LogP contribution is -2.66. The average Bonchev–Trinajstić information content (AvgIpc) is 3.15. The SMILES string of the molecule is COc1cc2c(c(OC)c1)[C@]1(OC2)O[C@H](COC(=O)C(C)(C)C)[C@@H](O[Si](C)(C)C(C)(C)C)[C@@H](O)[C@H]1O. The molecular formula is C26H42O9Si. The lowest BCUT2D eigenvalue weighted by molar-refractivity contribution is -0.367. The van der Waals surface area contributed by atoms with Gasteiger partial charge in [-0.05, 0) is 50.5 Å². The third-order valence-electron chi connectivity index (χ3n) is 7.37. The minimum atomic E-state index is -2.42. The zero-order valence-corrected chi connectivity index (χ0v) is 24.1. The van der Waals surface area contributed by atoms with Crippen LogP contribution in [-0.2, 0) is 35.8 Å². The molecule has 2 heterocycles. The highest BCUT2D eigenvalue weighted by atomic mass is 28.4. The maximum Gasteiger partial charge on any atom is 0.311 e. The Morgan fingerprint density at radius 3 is 2.28 bits per heavy atom. The fourth-order valence-corrected chi connectivity index (χ4v) is 5.49. The van der Waals surface area contributed by atoms with Gasteiger partial charge in [-0.2, -0.15) is 0 Å². The summed E-state index contributed by atoms with van der Waals surface area (Å²) in [5.74, 6) is -1.20. The van der Waals surface area contributed by atoms with E-state index in [1.165, 1.54) is 7.11 Å². The van der Waals surface area contributed by atoms with E-state index in [0.717, 1.165) is 0 Å². The Hall–Kier alpha value is -1.69. The summed E-state index contributed by atoms with van der Waals surface area (Å²) in [5.41, 5.74) is 0.443. The summed E-state index contributed by atoms with van der Waals surface area (Å²) in [5, 5.41) is 22.7. The number of esters is 1. The van der Waals surface area contributed by atoms with Crippen LogP contribution < -0.4 is 9.47 Å². The van der Waals surface area contributed by atoms with E-state index in [1.54, 1.807) is 40.0 Å². The summed E-state index contributed by atoms with van der Waals surface area (Å²) < 4.78 is 35.7. The summed E-state index contributed by atoms with van der Waals surface area (Å²) >= 11 is 0. The van der Waals surface area contributed by atoms with Gasteiger partial charge in [0, 0.05) is 6.07 Å². The van der Waals surface area contributed by atoms with Crippen LogP contribution in [0.1, 0.15) is 52.7 Å². The van der Waals surface area contributed by atoms with Crippen LogP contribution in [0, 0.1) is 5.41 Å². The Bertz CT molecular complexity index is 965. The Labute approximate surface area is 215 Å². The Kier molecular flexibility index (Phi) is 7.93. The predicted molar refractivity (Wildman–Crippen MR) is 135 cm³/mol. The number of carbonyl (C=O) groups is 1. The van der Waals surface area contributed by atoms with Gasteiger partial charge in [-0.3, -0.25) is 4.79 Å². The molecule has 1 aromatic rings. The number of methoxy groups -OCH3 is 2. The molecule has 2 aliphatic rings. The van der Waals surface area contributed by atoms with Crippen molar-refractivity contribution in [2.24, 2.45) is 5.41 Å². The van der Waals surface area contributed by atoms with Gasteiger partial charge in [0.25, 0.3) is 0 Å². The van der Waals surface area contributed by atoms with Crippen LogP contribution in [-0.4, -0.2) is 69.7 Å². The van der Waals surface area contributed by atoms with Crippen molar-refractivity contribution in [3.8, 4) is 11.5 Å². The van der Waals surface area contributed by atoms with Gasteiger partial charge in [0.1, 0.15) is 42.5 Å². The van der Waals surface area contributed by atoms with E-state index in [-0.39, 0.29) is 18.3 Å². The first-order valence-corrected chi connectivity index (χ1v) is 15.2. The molecule has 36 heavy (non-hydrogen) atoms. The minimum absolute atomic E-state index is 0.106. The van der Waals surface area contributed by atoms with Gasteiger partial charge in [0.2, 0.25) is 5.79 Å². The van der Waals surface area contributed by atoms with Gasteiger partial charge >= 0.3 is 5.97 Å². The standard InChI is InChI=1S/C26H42O9Si/c1-24(2,3)23(29)32-14-18-21(35-36(9,10)25(4,5)6)20(27)22(28)26(34-18)19-15(13-33-26)11-16(30-7)12-17(19)31-8/h11-12,18,20-22,27-28H,13-14H2,1-10H3/t18-,20-,21-,22-,26+/m1/s1. The van der Waals surface area contributed by atoms with Gasteiger partial charge in [-0.15, -0.1) is 0 Å². The number of carbonyl (C=O) groups excluding carboxylic acids is 1. The van der Waals surface area contributed by atoms with E-state index in [4.69, 9.17) is 28.1 Å². The molecule has 2 N–H and O–H groups in total. The van der Waals surface area contributed by atoms with Crippen molar-refractivity contribution in [2.75, 3.05) is 20.8 Å². The molecule has 0 radical (unpaired) electrons. The number of aliphatic hydroxyl groups is 2. The maximum absolute atomic E-state index is 12.6. The molecule has 0 aliphatic carbocycles. The van der Waals surface area contributed by atoms with E-state index in [9.17, 15) is 15.0 Å². The Morgan fingerprint density at radius 2 is 1.75 bits per heavy atom. The molecule has 10 heteroatoms. The second-order valence-electron chi connectivity index (χ2n) is 12.1. The number of rotatable bonds is 6. The van der Waals surface area contributed by atoms with Crippen LogP contribution in [0.5, 0.6) is 11.5 Å². The largest absolute Gasteiger partial charge is 0.497 e. The van der Waals surface area contributed by atoms with Crippen LogP contribution in [0.25, 0.3) is 0 Å². The van der Waals surface area contributed by atoms with Gasteiger partial charge in [0.15, 0.2) is 8.32 Å². The van der Waals surface area contributed by atoms with E-state index in [2.05, 4.69) is 20.8 Å². The molecule has 1 aromatic carbocycles. The number of hydrogen-bond acceptors (Lipinski definition) is 9. The van der Waals surface area contributed by atoms with E-state index >= 15 is 0 Å². The van der Waals surface area contributed by atoms with Gasteiger partial charge in [-0.25, -0.2) is 0 Å². The highest BCUT2D eigenvalue weighted by Gasteiger charge is 2.61. The maximum atomic E-state index is 12.6. The zero-order valence-electron chi connectivity index (χ0n) is 23.1. The topological polar surface area (TPSA) is 113 Å². The van der Waals surface area contributed by atoms with Crippen molar-refractivity contribution in [1.82, 2.24) is 0 Å². The summed E-state index contributed by atoms with van der Waals surface area (Å²) in [7, 11) is 0.620. The fraction of sp³-hybridized carbons (Fsp3) is 0.731. The molecule has 1 fully saturated rings. The third-order valence-corrected chi connectivity index (χ3v) is 11.8. The third kappa shape index (κ3) is 5.16. The van der Waals surface area contributed by atoms with Crippen molar-refractivity contribution in [2.45, 2.75) is 96.5 Å². The molecule has 3 rings (SSSR count). The molecule has 0 unspecified atom stereocenters. The van der Waals surface area contributed by atoms with Gasteiger partial charge < -0.3 is 38.3 Å². The Morgan fingerprint density at radius 1 is 1.11 bits per heavy atom. The molecule has 1 spiro atoms. The highest BCUT2D eigenvalue weighted by Crippen LogP contribution is 2.52. The van der Waals surface area contributed by atoms with Crippen LogP contribution in [0.2, 0.25) is 18.1 Å². The van der Waals surface area contributed by atoms with Gasteiger partial charge in [-0.1, -0.05) is 20.8 Å². The van der Waals surface area contributed by atoms with Crippen molar-refractivity contribution in [3.63, 3.8) is 0 Å². The molecule has 0 saturated carbocycles. The van der Waals surface area contributed by atoms with E-state index in [0.29, 0.717) is 22.6 Å².